The van der Waals surface area contributed by atoms with Crippen LogP contribution in [0.25, 0.3) is 0 Å². The van der Waals surface area contributed by atoms with E-state index in [1.807, 2.05) is 13.1 Å². The summed E-state index contributed by atoms with van der Waals surface area (Å²) < 4.78 is 1.13. The second-order valence-corrected chi connectivity index (χ2v) is 6.97. The molecule has 2 aromatic rings. The summed E-state index contributed by atoms with van der Waals surface area (Å²) in [5.41, 5.74) is 3.42. The highest BCUT2D eigenvalue weighted by molar-refractivity contribution is 9.10. The lowest BCUT2D eigenvalue weighted by atomic mass is 9.99. The first-order chi connectivity index (χ1) is 10.2. The third kappa shape index (κ3) is 3.05. The Morgan fingerprint density at radius 1 is 1.33 bits per heavy atom. The van der Waals surface area contributed by atoms with Crippen molar-refractivity contribution in [2.24, 2.45) is 0 Å². The molecule has 3 rings (SSSR count). The monoisotopic (exact) mass is 364 g/mol. The van der Waals surface area contributed by atoms with Gasteiger partial charge >= 0.3 is 0 Å². The van der Waals surface area contributed by atoms with Crippen molar-refractivity contribution < 1.29 is 4.79 Å². The molecule has 1 aliphatic rings. The maximum Gasteiger partial charge on any atom is 0.224 e. The molecule has 21 heavy (non-hydrogen) atoms. The Balaban J connectivity index is 1.97. The maximum atomic E-state index is 11.6. The normalized spacial score (nSPS) is 16.0. The molecule has 1 aliphatic heterocycles. The fraction of sp³-hybridized carbons (Fsp3) is 0.312. The second-order valence-electron chi connectivity index (χ2n) is 5.17. The molecule has 1 aromatic carbocycles. The molecular weight excluding hydrogens is 348 g/mol. The minimum Gasteiger partial charge on any atom is -0.326 e. The summed E-state index contributed by atoms with van der Waals surface area (Å²) >= 11 is 5.35. The molecule has 1 aromatic heterocycles. The Labute approximate surface area is 136 Å². The molecule has 1 unspecified atom stereocenters. The number of carbonyl (C=O) groups is 1. The van der Waals surface area contributed by atoms with Gasteiger partial charge in [-0.1, -0.05) is 12.1 Å². The molecule has 1 atom stereocenters. The number of benzene rings is 1. The zero-order valence-electron chi connectivity index (χ0n) is 11.8. The van der Waals surface area contributed by atoms with Gasteiger partial charge in [-0.25, -0.2) is 0 Å². The van der Waals surface area contributed by atoms with Gasteiger partial charge in [0.25, 0.3) is 0 Å². The number of anilines is 1. The minimum absolute atomic E-state index is 0.118. The molecule has 2 N–H and O–H groups in total. The average Bonchev–Trinajstić information content (AvgIpc) is 2.79. The van der Waals surface area contributed by atoms with E-state index in [9.17, 15) is 4.79 Å². The molecule has 3 nitrogen and oxygen atoms in total. The van der Waals surface area contributed by atoms with Crippen molar-refractivity contribution in [1.82, 2.24) is 5.32 Å². The van der Waals surface area contributed by atoms with Crippen LogP contribution in [0.15, 0.2) is 34.1 Å². The van der Waals surface area contributed by atoms with E-state index in [1.165, 1.54) is 16.0 Å². The Morgan fingerprint density at radius 3 is 2.90 bits per heavy atom. The van der Waals surface area contributed by atoms with Gasteiger partial charge in [0.05, 0.1) is 6.04 Å². The van der Waals surface area contributed by atoms with Gasteiger partial charge in [-0.05, 0) is 64.5 Å². The summed E-state index contributed by atoms with van der Waals surface area (Å²) in [6.07, 6.45) is 2.47. The van der Waals surface area contributed by atoms with Crippen molar-refractivity contribution >= 4 is 38.9 Å². The van der Waals surface area contributed by atoms with Crippen LogP contribution in [-0.4, -0.2) is 13.0 Å². The smallest absolute Gasteiger partial charge is 0.224 e. The van der Waals surface area contributed by atoms with Crippen LogP contribution in [0, 0.1) is 0 Å². The lowest BCUT2D eigenvalue weighted by Gasteiger charge is -2.18. The lowest BCUT2D eigenvalue weighted by Crippen LogP contribution is -2.17. The maximum absolute atomic E-state index is 11.6. The summed E-state index contributed by atoms with van der Waals surface area (Å²) in [5, 5.41) is 8.46. The number of aryl methyl sites for hydroxylation is 1. The third-order valence-electron chi connectivity index (χ3n) is 3.78. The summed E-state index contributed by atoms with van der Waals surface area (Å²) in [6.45, 7) is 0. The topological polar surface area (TPSA) is 41.1 Å². The van der Waals surface area contributed by atoms with E-state index in [-0.39, 0.29) is 11.9 Å². The van der Waals surface area contributed by atoms with Gasteiger partial charge in [0, 0.05) is 21.5 Å². The first-order valence-electron chi connectivity index (χ1n) is 7.02. The highest BCUT2D eigenvalue weighted by Gasteiger charge is 2.19. The number of thiophene rings is 1. The first kappa shape index (κ1) is 14.8. The Hall–Kier alpha value is -1.17. The van der Waals surface area contributed by atoms with Crippen LogP contribution in [0.5, 0.6) is 0 Å². The number of fused-ring (bicyclic) bond motifs is 1. The molecule has 5 heteroatoms. The molecule has 0 spiro atoms. The minimum atomic E-state index is 0.118. The molecule has 110 valence electrons. The van der Waals surface area contributed by atoms with Gasteiger partial charge in [0.2, 0.25) is 5.91 Å². The summed E-state index contributed by atoms with van der Waals surface area (Å²) in [5.74, 6) is 0.118. The summed E-state index contributed by atoms with van der Waals surface area (Å²) in [4.78, 5) is 12.9. The van der Waals surface area contributed by atoms with Crippen LogP contribution >= 0.6 is 27.3 Å². The van der Waals surface area contributed by atoms with Crippen molar-refractivity contribution in [1.29, 1.82) is 0 Å². The molecule has 0 aliphatic carbocycles. The molecule has 0 fully saturated rings. The van der Waals surface area contributed by atoms with Crippen LogP contribution in [0.2, 0.25) is 0 Å². The van der Waals surface area contributed by atoms with E-state index in [0.29, 0.717) is 6.42 Å². The molecule has 0 radical (unpaired) electrons. The average molecular weight is 365 g/mol. The SMILES string of the molecule is CNC(c1ccc2c(c1)CCCC(=O)N2)c1sccc1Br. The molecule has 0 saturated carbocycles. The van der Waals surface area contributed by atoms with Gasteiger partial charge < -0.3 is 10.6 Å². The van der Waals surface area contributed by atoms with Gasteiger partial charge in [0.15, 0.2) is 0 Å². The highest BCUT2D eigenvalue weighted by atomic mass is 79.9. The Morgan fingerprint density at radius 2 is 2.19 bits per heavy atom. The molecule has 1 amide bonds. The van der Waals surface area contributed by atoms with E-state index in [4.69, 9.17) is 0 Å². The fourth-order valence-electron chi connectivity index (χ4n) is 2.73. The number of amides is 1. The lowest BCUT2D eigenvalue weighted by molar-refractivity contribution is -0.116. The Kier molecular flexibility index (Phi) is 4.42. The van der Waals surface area contributed by atoms with Crippen LogP contribution in [-0.2, 0) is 11.2 Å². The number of hydrogen-bond acceptors (Lipinski definition) is 3. The fourth-order valence-corrected chi connectivity index (χ4v) is 4.47. The number of nitrogens with one attached hydrogen (secondary N) is 2. The second kappa shape index (κ2) is 6.30. The number of rotatable bonds is 3. The van der Waals surface area contributed by atoms with E-state index in [1.54, 1.807) is 11.3 Å². The van der Waals surface area contributed by atoms with E-state index in [2.05, 4.69) is 50.1 Å². The highest BCUT2D eigenvalue weighted by Crippen LogP contribution is 2.34. The van der Waals surface area contributed by atoms with Crippen LogP contribution in [0.3, 0.4) is 0 Å². The number of halogens is 1. The van der Waals surface area contributed by atoms with Crippen LogP contribution in [0.4, 0.5) is 5.69 Å². The van der Waals surface area contributed by atoms with Gasteiger partial charge in [0.1, 0.15) is 0 Å². The van der Waals surface area contributed by atoms with Crippen molar-refractivity contribution in [3.63, 3.8) is 0 Å². The predicted octanol–water partition coefficient (Wildman–Crippen LogP) is 4.09. The van der Waals surface area contributed by atoms with E-state index < -0.39 is 0 Å². The van der Waals surface area contributed by atoms with E-state index >= 15 is 0 Å². The zero-order chi connectivity index (χ0) is 14.8. The largest absolute Gasteiger partial charge is 0.326 e. The Bertz CT molecular complexity index is 668. The van der Waals surface area contributed by atoms with Crippen LogP contribution < -0.4 is 10.6 Å². The van der Waals surface area contributed by atoms with Gasteiger partial charge in [-0.2, -0.15) is 0 Å². The molecule has 2 heterocycles. The molecule has 0 bridgehead atoms. The van der Waals surface area contributed by atoms with E-state index in [0.717, 1.165) is 23.0 Å². The standard InChI is InChI=1S/C16H17BrN2OS/c1-18-15(16-12(17)7-8-21-16)11-5-6-13-10(9-11)3-2-4-14(20)19-13/h5-9,15,18H,2-4H2,1H3,(H,19,20). The molecule has 0 saturated heterocycles. The number of carbonyl (C=O) groups excluding carboxylic acids is 1. The van der Waals surface area contributed by atoms with Crippen molar-refractivity contribution in [3.8, 4) is 0 Å². The first-order valence-corrected chi connectivity index (χ1v) is 8.69. The van der Waals surface area contributed by atoms with Crippen molar-refractivity contribution in [2.45, 2.75) is 25.3 Å². The van der Waals surface area contributed by atoms with Crippen LogP contribution in [0.1, 0.15) is 34.9 Å². The predicted molar refractivity (Wildman–Crippen MR) is 90.9 cm³/mol. The van der Waals surface area contributed by atoms with Crippen molar-refractivity contribution in [2.75, 3.05) is 12.4 Å². The quantitative estimate of drug-likeness (QED) is 0.860. The van der Waals surface area contributed by atoms with Crippen molar-refractivity contribution in [3.05, 3.63) is 50.1 Å². The molecular formula is C16H17BrN2OS. The number of hydrogen-bond donors (Lipinski definition) is 2. The van der Waals surface area contributed by atoms with Gasteiger partial charge in [-0.3, -0.25) is 4.79 Å². The van der Waals surface area contributed by atoms with Gasteiger partial charge in [-0.15, -0.1) is 11.3 Å². The third-order valence-corrected chi connectivity index (χ3v) is 5.72. The zero-order valence-corrected chi connectivity index (χ0v) is 14.2. The summed E-state index contributed by atoms with van der Waals surface area (Å²) in [6, 6.07) is 8.59. The summed E-state index contributed by atoms with van der Waals surface area (Å²) in [7, 11) is 1.98.